The minimum Gasteiger partial charge on any atom is -0.378 e. The fourth-order valence-corrected chi connectivity index (χ4v) is 3.25. The van der Waals surface area contributed by atoms with Gasteiger partial charge in [0.2, 0.25) is 0 Å². The van der Waals surface area contributed by atoms with Crippen LogP contribution in [0.3, 0.4) is 0 Å². The number of thiophene rings is 1. The maximum atomic E-state index is 3.56. The van der Waals surface area contributed by atoms with Crippen molar-refractivity contribution in [2.45, 2.75) is 19.9 Å². The number of hydrogen-bond acceptors (Lipinski definition) is 2. The minimum atomic E-state index is 0.333. The Kier molecular flexibility index (Phi) is 3.26. The van der Waals surface area contributed by atoms with Crippen LogP contribution < -0.4 is 5.32 Å². The van der Waals surface area contributed by atoms with Gasteiger partial charge in [0.15, 0.2) is 0 Å². The highest BCUT2D eigenvalue weighted by atomic mass is 32.1. The topological polar surface area (TPSA) is 12.0 Å². The zero-order valence-corrected chi connectivity index (χ0v) is 12.0. The lowest BCUT2D eigenvalue weighted by Crippen LogP contribution is -2.04. The van der Waals surface area contributed by atoms with E-state index in [1.165, 1.54) is 26.2 Å². The first-order valence-corrected chi connectivity index (χ1v) is 7.36. The molecule has 0 fully saturated rings. The molecule has 0 aliphatic rings. The second kappa shape index (κ2) is 5.06. The molecule has 0 aliphatic carbocycles. The van der Waals surface area contributed by atoms with Gasteiger partial charge >= 0.3 is 0 Å². The summed E-state index contributed by atoms with van der Waals surface area (Å²) in [4.78, 5) is 1.38. The van der Waals surface area contributed by atoms with Crippen LogP contribution in [0.2, 0.25) is 0 Å². The number of benzene rings is 2. The first kappa shape index (κ1) is 12.2. The quantitative estimate of drug-likeness (QED) is 0.671. The molecule has 3 rings (SSSR count). The molecule has 0 aliphatic heterocycles. The van der Waals surface area contributed by atoms with Crippen LogP contribution in [-0.4, -0.2) is 0 Å². The molecule has 2 heteroatoms. The van der Waals surface area contributed by atoms with Crippen LogP contribution in [0.4, 0.5) is 5.69 Å². The van der Waals surface area contributed by atoms with Gasteiger partial charge in [-0.2, -0.15) is 0 Å². The van der Waals surface area contributed by atoms with Gasteiger partial charge < -0.3 is 5.32 Å². The molecule has 1 aromatic heterocycles. The second-order valence-electron chi connectivity index (χ2n) is 4.92. The van der Waals surface area contributed by atoms with Crippen molar-refractivity contribution in [1.29, 1.82) is 0 Å². The zero-order valence-electron chi connectivity index (χ0n) is 11.2. The molecule has 0 spiro atoms. The fourth-order valence-electron chi connectivity index (χ4n) is 2.19. The summed E-state index contributed by atoms with van der Waals surface area (Å²) in [5.74, 6) is 0. The maximum absolute atomic E-state index is 3.56. The Hall–Kier alpha value is -1.80. The second-order valence-corrected chi connectivity index (χ2v) is 6.03. The van der Waals surface area contributed by atoms with E-state index in [0.717, 1.165) is 0 Å². The van der Waals surface area contributed by atoms with Gasteiger partial charge in [-0.3, -0.25) is 0 Å². The largest absolute Gasteiger partial charge is 0.378 e. The van der Waals surface area contributed by atoms with Gasteiger partial charge in [0.1, 0.15) is 0 Å². The molecule has 0 saturated heterocycles. The summed E-state index contributed by atoms with van der Waals surface area (Å²) in [6, 6.07) is 19.7. The van der Waals surface area contributed by atoms with E-state index in [9.17, 15) is 0 Å². The molecule has 0 bridgehead atoms. The Morgan fingerprint density at radius 3 is 2.47 bits per heavy atom. The van der Waals surface area contributed by atoms with E-state index in [2.05, 4.69) is 73.8 Å². The standard InChI is InChI=1S/C17H17NS/c1-12-7-9-15(10-8-12)18-13(2)17-11-14-5-3-4-6-16(14)19-17/h3-11,13,18H,1-2H3. The summed E-state index contributed by atoms with van der Waals surface area (Å²) in [6.45, 7) is 4.32. The van der Waals surface area contributed by atoms with Crippen molar-refractivity contribution in [3.8, 4) is 0 Å². The molecule has 3 aromatic rings. The van der Waals surface area contributed by atoms with Crippen molar-refractivity contribution in [2.24, 2.45) is 0 Å². The molecule has 1 unspecified atom stereocenters. The number of fused-ring (bicyclic) bond motifs is 1. The molecule has 1 N–H and O–H groups in total. The lowest BCUT2D eigenvalue weighted by atomic mass is 10.2. The molecule has 0 radical (unpaired) electrons. The molecule has 0 saturated carbocycles. The van der Waals surface area contributed by atoms with Crippen LogP contribution in [0, 0.1) is 6.92 Å². The van der Waals surface area contributed by atoms with Crippen LogP contribution in [0.5, 0.6) is 0 Å². The normalized spacial score (nSPS) is 12.5. The van der Waals surface area contributed by atoms with E-state index in [0.29, 0.717) is 6.04 Å². The number of anilines is 1. The van der Waals surface area contributed by atoms with Crippen molar-refractivity contribution < 1.29 is 0 Å². The van der Waals surface area contributed by atoms with Crippen molar-refractivity contribution >= 4 is 27.1 Å². The summed E-state index contributed by atoms with van der Waals surface area (Å²) in [5.41, 5.74) is 2.47. The maximum Gasteiger partial charge on any atom is 0.0578 e. The predicted octanol–water partition coefficient (Wildman–Crippen LogP) is 5.38. The lowest BCUT2D eigenvalue weighted by molar-refractivity contribution is 0.909. The SMILES string of the molecule is Cc1ccc(NC(C)c2cc3ccccc3s2)cc1. The first-order chi connectivity index (χ1) is 9.22. The molecule has 96 valence electrons. The summed E-state index contributed by atoms with van der Waals surface area (Å²) >= 11 is 1.87. The van der Waals surface area contributed by atoms with E-state index < -0.39 is 0 Å². The Morgan fingerprint density at radius 1 is 1.00 bits per heavy atom. The Bertz CT molecular complexity index is 649. The van der Waals surface area contributed by atoms with Crippen molar-refractivity contribution in [3.63, 3.8) is 0 Å². The van der Waals surface area contributed by atoms with Gasteiger partial charge in [-0.1, -0.05) is 35.9 Å². The summed E-state index contributed by atoms with van der Waals surface area (Å²) in [5, 5.41) is 4.89. The van der Waals surface area contributed by atoms with E-state index in [4.69, 9.17) is 0 Å². The van der Waals surface area contributed by atoms with Gasteiger partial charge in [-0.15, -0.1) is 11.3 Å². The van der Waals surface area contributed by atoms with E-state index in [1.54, 1.807) is 0 Å². The Morgan fingerprint density at radius 2 is 1.74 bits per heavy atom. The number of aryl methyl sites for hydroxylation is 1. The van der Waals surface area contributed by atoms with Gasteiger partial charge in [-0.05, 0) is 43.5 Å². The number of hydrogen-bond donors (Lipinski definition) is 1. The van der Waals surface area contributed by atoms with Gasteiger partial charge in [-0.25, -0.2) is 0 Å². The highest BCUT2D eigenvalue weighted by Gasteiger charge is 2.09. The van der Waals surface area contributed by atoms with E-state index in [-0.39, 0.29) is 0 Å². The summed E-state index contributed by atoms with van der Waals surface area (Å²) in [7, 11) is 0. The molecular weight excluding hydrogens is 250 g/mol. The fraction of sp³-hybridized carbons (Fsp3) is 0.176. The predicted molar refractivity (Wildman–Crippen MR) is 85.0 cm³/mol. The molecule has 2 aromatic carbocycles. The third-order valence-corrected chi connectivity index (χ3v) is 4.60. The number of rotatable bonds is 3. The summed E-state index contributed by atoms with van der Waals surface area (Å²) < 4.78 is 1.36. The average Bonchev–Trinajstić information content (AvgIpc) is 2.85. The Balaban J connectivity index is 1.83. The lowest BCUT2D eigenvalue weighted by Gasteiger charge is -2.13. The van der Waals surface area contributed by atoms with E-state index in [1.807, 2.05) is 11.3 Å². The molecular formula is C17H17NS. The van der Waals surface area contributed by atoms with E-state index >= 15 is 0 Å². The van der Waals surface area contributed by atoms with Crippen molar-refractivity contribution in [1.82, 2.24) is 0 Å². The third-order valence-electron chi connectivity index (χ3n) is 3.31. The average molecular weight is 267 g/mol. The summed E-state index contributed by atoms with van der Waals surface area (Å²) in [6.07, 6.45) is 0. The van der Waals surface area contributed by atoms with Crippen LogP contribution in [0.1, 0.15) is 23.4 Å². The van der Waals surface area contributed by atoms with Gasteiger partial charge in [0, 0.05) is 15.3 Å². The van der Waals surface area contributed by atoms with Crippen LogP contribution in [0.25, 0.3) is 10.1 Å². The van der Waals surface area contributed by atoms with Crippen LogP contribution >= 0.6 is 11.3 Å². The van der Waals surface area contributed by atoms with Crippen LogP contribution in [0.15, 0.2) is 54.6 Å². The van der Waals surface area contributed by atoms with Crippen molar-refractivity contribution in [2.75, 3.05) is 5.32 Å². The highest BCUT2D eigenvalue weighted by Crippen LogP contribution is 2.31. The highest BCUT2D eigenvalue weighted by molar-refractivity contribution is 7.19. The molecule has 1 heterocycles. The van der Waals surface area contributed by atoms with Crippen molar-refractivity contribution in [3.05, 3.63) is 65.0 Å². The molecule has 19 heavy (non-hydrogen) atoms. The number of nitrogens with one attached hydrogen (secondary N) is 1. The van der Waals surface area contributed by atoms with Gasteiger partial charge in [0.05, 0.1) is 6.04 Å². The third kappa shape index (κ3) is 2.64. The zero-order chi connectivity index (χ0) is 13.2. The molecule has 0 amide bonds. The minimum absolute atomic E-state index is 0.333. The van der Waals surface area contributed by atoms with Crippen LogP contribution in [-0.2, 0) is 0 Å². The van der Waals surface area contributed by atoms with Gasteiger partial charge in [0.25, 0.3) is 0 Å². The first-order valence-electron chi connectivity index (χ1n) is 6.54. The smallest absolute Gasteiger partial charge is 0.0578 e. The monoisotopic (exact) mass is 267 g/mol. The molecule has 1 atom stereocenters. The Labute approximate surface area is 117 Å². The molecule has 1 nitrogen and oxygen atoms in total.